The predicted molar refractivity (Wildman–Crippen MR) is 103 cm³/mol. The average molecular weight is 394 g/mol. The van der Waals surface area contributed by atoms with E-state index >= 15 is 0 Å². The minimum absolute atomic E-state index is 0.337. The summed E-state index contributed by atoms with van der Waals surface area (Å²) in [5.41, 5.74) is -0.144. The van der Waals surface area contributed by atoms with E-state index in [9.17, 15) is 13.2 Å². The van der Waals surface area contributed by atoms with Crippen molar-refractivity contribution in [2.75, 3.05) is 19.6 Å². The van der Waals surface area contributed by atoms with Crippen molar-refractivity contribution in [2.24, 2.45) is 4.99 Å². The van der Waals surface area contributed by atoms with E-state index in [4.69, 9.17) is 0 Å². The van der Waals surface area contributed by atoms with E-state index in [1.807, 2.05) is 20.0 Å². The Balaban J connectivity index is 1.85. The Kier molecular flexibility index (Phi) is 7.67. The molecule has 1 aromatic carbocycles. The Morgan fingerprint density at radius 2 is 1.96 bits per heavy atom. The van der Waals surface area contributed by atoms with Crippen molar-refractivity contribution in [1.82, 2.24) is 15.6 Å². The number of aryl methyl sites for hydroxylation is 1. The van der Waals surface area contributed by atoms with Gasteiger partial charge in [0, 0.05) is 36.1 Å². The van der Waals surface area contributed by atoms with Gasteiger partial charge in [-0.2, -0.15) is 13.2 Å². The van der Waals surface area contributed by atoms with E-state index in [-0.39, 0.29) is 0 Å². The van der Waals surface area contributed by atoms with Gasteiger partial charge in [0.2, 0.25) is 0 Å². The lowest BCUT2D eigenvalue weighted by molar-refractivity contribution is -0.137. The summed E-state index contributed by atoms with van der Waals surface area (Å²) in [6.45, 7) is 5.65. The SMILES string of the molecule is CCNC(=NCCc1ncc(C)s1)NCC#Cc1ccc(C(F)(F)F)cc1. The number of guanidine groups is 1. The summed E-state index contributed by atoms with van der Waals surface area (Å²) in [5, 5.41) is 7.26. The van der Waals surface area contributed by atoms with Gasteiger partial charge in [0.15, 0.2) is 5.96 Å². The molecule has 2 aromatic rings. The molecule has 8 heteroatoms. The summed E-state index contributed by atoms with van der Waals surface area (Å²) < 4.78 is 37.6. The fourth-order valence-electron chi connectivity index (χ4n) is 2.14. The second-order valence-corrected chi connectivity index (χ2v) is 6.93. The fraction of sp³-hybridized carbons (Fsp3) is 0.368. The molecule has 0 atom stereocenters. The average Bonchev–Trinajstić information content (AvgIpc) is 3.03. The van der Waals surface area contributed by atoms with Gasteiger partial charge in [0.05, 0.1) is 17.1 Å². The van der Waals surface area contributed by atoms with Gasteiger partial charge >= 0.3 is 6.18 Å². The molecule has 0 aliphatic heterocycles. The highest BCUT2D eigenvalue weighted by Crippen LogP contribution is 2.28. The molecule has 0 saturated carbocycles. The second kappa shape index (κ2) is 9.97. The number of nitrogens with zero attached hydrogens (tertiary/aromatic N) is 2. The number of nitrogens with one attached hydrogen (secondary N) is 2. The summed E-state index contributed by atoms with van der Waals surface area (Å²) in [7, 11) is 0. The molecule has 2 rings (SSSR count). The first kappa shape index (κ1) is 20.8. The van der Waals surface area contributed by atoms with E-state index in [2.05, 4.69) is 32.5 Å². The van der Waals surface area contributed by atoms with Crippen LogP contribution in [-0.4, -0.2) is 30.6 Å². The molecule has 1 heterocycles. The van der Waals surface area contributed by atoms with Crippen LogP contribution in [0.3, 0.4) is 0 Å². The third-order valence-electron chi connectivity index (χ3n) is 3.40. The summed E-state index contributed by atoms with van der Waals surface area (Å²) in [6, 6.07) is 4.79. The van der Waals surface area contributed by atoms with E-state index < -0.39 is 11.7 Å². The number of hydrogen-bond acceptors (Lipinski definition) is 3. The molecule has 0 unspecified atom stereocenters. The molecular weight excluding hydrogens is 373 g/mol. The van der Waals surface area contributed by atoms with Crippen LogP contribution >= 0.6 is 11.3 Å². The molecule has 0 radical (unpaired) electrons. The molecule has 1 aromatic heterocycles. The van der Waals surface area contributed by atoms with Gasteiger partial charge < -0.3 is 10.6 Å². The van der Waals surface area contributed by atoms with Crippen LogP contribution in [0.2, 0.25) is 0 Å². The molecule has 0 bridgehead atoms. The highest BCUT2D eigenvalue weighted by Gasteiger charge is 2.29. The summed E-state index contributed by atoms with van der Waals surface area (Å²) in [5.74, 6) is 6.37. The van der Waals surface area contributed by atoms with Crippen molar-refractivity contribution < 1.29 is 13.2 Å². The summed E-state index contributed by atoms with van der Waals surface area (Å²) >= 11 is 1.66. The molecule has 4 nitrogen and oxygen atoms in total. The minimum Gasteiger partial charge on any atom is -0.357 e. The van der Waals surface area contributed by atoms with E-state index in [0.29, 0.717) is 31.2 Å². The molecule has 0 aliphatic carbocycles. The molecule has 144 valence electrons. The molecule has 0 saturated heterocycles. The molecule has 0 fully saturated rings. The van der Waals surface area contributed by atoms with Gasteiger partial charge in [-0.05, 0) is 38.1 Å². The standard InChI is InChI=1S/C19H21F3N4S/c1-3-23-18(25-12-10-17-26-13-14(2)27-17)24-11-4-5-15-6-8-16(9-7-15)19(20,21)22/h6-9,13H,3,10-12H2,1-2H3,(H2,23,24,25). The van der Waals surface area contributed by atoms with Crippen molar-refractivity contribution in [2.45, 2.75) is 26.4 Å². The summed E-state index contributed by atoms with van der Waals surface area (Å²) in [4.78, 5) is 9.95. The smallest absolute Gasteiger partial charge is 0.357 e. The normalized spacial score (nSPS) is 11.7. The van der Waals surface area contributed by atoms with Crippen LogP contribution in [0, 0.1) is 18.8 Å². The lowest BCUT2D eigenvalue weighted by Gasteiger charge is -2.08. The van der Waals surface area contributed by atoms with Crippen LogP contribution in [0.1, 0.15) is 27.9 Å². The number of halogens is 3. The van der Waals surface area contributed by atoms with Gasteiger partial charge in [0.25, 0.3) is 0 Å². The quantitative estimate of drug-likeness (QED) is 0.463. The van der Waals surface area contributed by atoms with Crippen LogP contribution in [0.15, 0.2) is 35.5 Å². The lowest BCUT2D eigenvalue weighted by atomic mass is 10.1. The van der Waals surface area contributed by atoms with Crippen LogP contribution < -0.4 is 10.6 Å². The maximum Gasteiger partial charge on any atom is 0.416 e. The predicted octanol–water partition coefficient (Wildman–Crippen LogP) is 3.62. The Morgan fingerprint density at radius 1 is 1.22 bits per heavy atom. The second-order valence-electron chi connectivity index (χ2n) is 5.61. The number of hydrogen-bond donors (Lipinski definition) is 2. The monoisotopic (exact) mass is 394 g/mol. The number of rotatable bonds is 5. The van der Waals surface area contributed by atoms with Crippen LogP contribution in [0.5, 0.6) is 0 Å². The number of aliphatic imine (C=N–C) groups is 1. The number of aromatic nitrogens is 1. The minimum atomic E-state index is -4.33. The first-order valence-corrected chi connectivity index (χ1v) is 9.29. The zero-order valence-corrected chi connectivity index (χ0v) is 16.0. The Labute approximate surface area is 160 Å². The Morgan fingerprint density at radius 3 is 2.56 bits per heavy atom. The van der Waals surface area contributed by atoms with E-state index in [1.165, 1.54) is 17.0 Å². The largest absolute Gasteiger partial charge is 0.416 e. The van der Waals surface area contributed by atoms with Gasteiger partial charge in [-0.1, -0.05) is 11.8 Å². The molecule has 0 spiro atoms. The molecule has 0 aliphatic rings. The third kappa shape index (κ3) is 7.31. The number of alkyl halides is 3. The van der Waals surface area contributed by atoms with Crippen molar-refractivity contribution in [1.29, 1.82) is 0 Å². The zero-order chi connectivity index (χ0) is 19.7. The molecular formula is C19H21F3N4S. The highest BCUT2D eigenvalue weighted by atomic mass is 32.1. The topological polar surface area (TPSA) is 49.3 Å². The third-order valence-corrected chi connectivity index (χ3v) is 4.37. The van der Waals surface area contributed by atoms with E-state index in [0.717, 1.165) is 23.6 Å². The van der Waals surface area contributed by atoms with Gasteiger partial charge in [-0.15, -0.1) is 11.3 Å². The Bertz CT molecular complexity index is 814. The summed E-state index contributed by atoms with van der Waals surface area (Å²) in [6.07, 6.45) is -1.71. The maximum absolute atomic E-state index is 12.5. The van der Waals surface area contributed by atoms with Crippen molar-refractivity contribution in [3.8, 4) is 11.8 Å². The fourth-order valence-corrected chi connectivity index (χ4v) is 2.91. The number of thiazole rings is 1. The first-order valence-electron chi connectivity index (χ1n) is 8.48. The van der Waals surface area contributed by atoms with Crippen molar-refractivity contribution in [3.63, 3.8) is 0 Å². The van der Waals surface area contributed by atoms with Crippen molar-refractivity contribution in [3.05, 3.63) is 51.5 Å². The van der Waals surface area contributed by atoms with Crippen LogP contribution in [-0.2, 0) is 12.6 Å². The van der Waals surface area contributed by atoms with E-state index in [1.54, 1.807) is 11.3 Å². The number of benzene rings is 1. The molecule has 27 heavy (non-hydrogen) atoms. The lowest BCUT2D eigenvalue weighted by Crippen LogP contribution is -2.37. The first-order chi connectivity index (χ1) is 12.9. The molecule has 0 amide bonds. The maximum atomic E-state index is 12.5. The van der Waals surface area contributed by atoms with Gasteiger partial charge in [0.1, 0.15) is 0 Å². The Hall–Kier alpha value is -2.53. The van der Waals surface area contributed by atoms with Crippen molar-refractivity contribution >= 4 is 17.3 Å². The van der Waals surface area contributed by atoms with Gasteiger partial charge in [-0.3, -0.25) is 4.99 Å². The van der Waals surface area contributed by atoms with Crippen LogP contribution in [0.25, 0.3) is 0 Å². The van der Waals surface area contributed by atoms with Gasteiger partial charge in [-0.25, -0.2) is 4.98 Å². The highest BCUT2D eigenvalue weighted by molar-refractivity contribution is 7.11. The molecule has 2 N–H and O–H groups in total. The van der Waals surface area contributed by atoms with Crippen LogP contribution in [0.4, 0.5) is 13.2 Å². The zero-order valence-electron chi connectivity index (χ0n) is 15.2.